The molecule has 2 aromatic carbocycles. The second-order valence-corrected chi connectivity index (χ2v) is 8.11. The highest BCUT2D eigenvalue weighted by molar-refractivity contribution is 7.92. The van der Waals surface area contributed by atoms with Crippen molar-refractivity contribution in [1.82, 2.24) is 15.5 Å². The van der Waals surface area contributed by atoms with Crippen molar-refractivity contribution >= 4 is 21.6 Å². The molecule has 0 aliphatic rings. The van der Waals surface area contributed by atoms with Crippen molar-refractivity contribution in [1.29, 1.82) is 0 Å². The summed E-state index contributed by atoms with van der Waals surface area (Å²) in [5, 5.41) is 6.74. The number of carbonyl (C=O) groups is 1. The first-order valence-corrected chi connectivity index (χ1v) is 10.3. The van der Waals surface area contributed by atoms with Crippen molar-refractivity contribution in [2.45, 2.75) is 19.9 Å². The van der Waals surface area contributed by atoms with Crippen LogP contribution in [-0.2, 0) is 10.0 Å². The minimum absolute atomic E-state index is 0.00442. The van der Waals surface area contributed by atoms with Crippen LogP contribution in [0.4, 0.5) is 5.69 Å². The molecule has 1 aromatic heterocycles. The first-order valence-electron chi connectivity index (χ1n) is 8.68. The van der Waals surface area contributed by atoms with Gasteiger partial charge in [-0.3, -0.25) is 9.52 Å². The summed E-state index contributed by atoms with van der Waals surface area (Å²) in [6.07, 6.45) is 0. The van der Waals surface area contributed by atoms with Crippen molar-refractivity contribution in [3.63, 3.8) is 0 Å². The van der Waals surface area contributed by atoms with Gasteiger partial charge in [0, 0.05) is 16.8 Å². The predicted octanol–water partition coefficient (Wildman–Crippen LogP) is 2.99. The van der Waals surface area contributed by atoms with Gasteiger partial charge in [0.1, 0.15) is 6.04 Å². The molecule has 0 fully saturated rings. The SMILES string of the molecule is CCS(=O)(=O)Nc1ccc(-c2noc([C@H](C)NC(=O)c3ccccc3)n2)cc1. The lowest BCUT2D eigenvalue weighted by atomic mass is 10.2. The summed E-state index contributed by atoms with van der Waals surface area (Å²) in [7, 11) is -3.33. The number of hydrogen-bond acceptors (Lipinski definition) is 6. The van der Waals surface area contributed by atoms with Crippen LogP contribution in [0.15, 0.2) is 59.1 Å². The van der Waals surface area contributed by atoms with Crippen LogP contribution in [0.5, 0.6) is 0 Å². The van der Waals surface area contributed by atoms with Gasteiger partial charge in [-0.2, -0.15) is 4.98 Å². The molecule has 3 aromatic rings. The van der Waals surface area contributed by atoms with Crippen LogP contribution in [0.25, 0.3) is 11.4 Å². The summed E-state index contributed by atoms with van der Waals surface area (Å²) in [4.78, 5) is 16.5. The number of benzene rings is 2. The Labute approximate surface area is 163 Å². The minimum atomic E-state index is -3.33. The molecule has 0 unspecified atom stereocenters. The van der Waals surface area contributed by atoms with Gasteiger partial charge in [-0.25, -0.2) is 8.42 Å². The van der Waals surface area contributed by atoms with E-state index in [4.69, 9.17) is 4.52 Å². The molecule has 0 saturated heterocycles. The van der Waals surface area contributed by atoms with Crippen LogP contribution in [0, 0.1) is 0 Å². The Morgan fingerprint density at radius 1 is 1.11 bits per heavy atom. The summed E-state index contributed by atoms with van der Waals surface area (Å²) in [6, 6.07) is 15.0. The van der Waals surface area contributed by atoms with Crippen LogP contribution in [0.1, 0.15) is 36.1 Å². The van der Waals surface area contributed by atoms with Crippen molar-refractivity contribution in [3.05, 3.63) is 66.1 Å². The molecule has 28 heavy (non-hydrogen) atoms. The van der Waals surface area contributed by atoms with E-state index in [1.807, 2.05) is 6.07 Å². The highest BCUT2D eigenvalue weighted by atomic mass is 32.2. The average Bonchev–Trinajstić information content (AvgIpc) is 3.19. The second-order valence-electron chi connectivity index (χ2n) is 6.10. The standard InChI is InChI=1S/C19H20N4O4S/c1-3-28(25,26)23-16-11-9-14(10-12-16)17-21-19(27-22-17)13(2)20-18(24)15-7-5-4-6-8-15/h4-13,23H,3H2,1-2H3,(H,20,24)/t13-/m0/s1. The Morgan fingerprint density at radius 2 is 1.79 bits per heavy atom. The molecule has 0 aliphatic heterocycles. The van der Waals surface area contributed by atoms with Crippen molar-refractivity contribution in [2.75, 3.05) is 10.5 Å². The van der Waals surface area contributed by atoms with E-state index >= 15 is 0 Å². The largest absolute Gasteiger partial charge is 0.341 e. The Hall–Kier alpha value is -3.20. The Morgan fingerprint density at radius 3 is 2.43 bits per heavy atom. The van der Waals surface area contributed by atoms with Crippen molar-refractivity contribution < 1.29 is 17.7 Å². The zero-order valence-electron chi connectivity index (χ0n) is 15.4. The molecule has 3 rings (SSSR count). The monoisotopic (exact) mass is 400 g/mol. The quantitative estimate of drug-likeness (QED) is 0.630. The fourth-order valence-corrected chi connectivity index (χ4v) is 3.04. The van der Waals surface area contributed by atoms with Gasteiger partial charge in [0.15, 0.2) is 0 Å². The molecule has 0 saturated carbocycles. The third-order valence-corrected chi connectivity index (χ3v) is 5.30. The molecule has 1 heterocycles. The minimum Gasteiger partial charge on any atom is -0.341 e. The Kier molecular flexibility index (Phi) is 5.74. The van der Waals surface area contributed by atoms with E-state index in [1.54, 1.807) is 62.4 Å². The molecule has 0 spiro atoms. The number of aromatic nitrogens is 2. The van der Waals surface area contributed by atoms with Crippen LogP contribution < -0.4 is 10.0 Å². The summed E-state index contributed by atoms with van der Waals surface area (Å²) >= 11 is 0. The van der Waals surface area contributed by atoms with Gasteiger partial charge in [0.05, 0.1) is 5.75 Å². The first-order chi connectivity index (χ1) is 13.4. The Balaban J connectivity index is 1.68. The molecule has 1 amide bonds. The van der Waals surface area contributed by atoms with Crippen molar-refractivity contribution in [2.24, 2.45) is 0 Å². The third kappa shape index (κ3) is 4.74. The van der Waals surface area contributed by atoms with E-state index in [0.29, 0.717) is 22.6 Å². The lowest BCUT2D eigenvalue weighted by molar-refractivity contribution is 0.0932. The molecular formula is C19H20N4O4S. The van der Waals surface area contributed by atoms with Gasteiger partial charge in [0.25, 0.3) is 5.91 Å². The first kappa shape index (κ1) is 19.6. The fourth-order valence-electron chi connectivity index (χ4n) is 2.40. The zero-order chi connectivity index (χ0) is 20.1. The molecular weight excluding hydrogens is 380 g/mol. The summed E-state index contributed by atoms with van der Waals surface area (Å²) in [6.45, 7) is 3.32. The summed E-state index contributed by atoms with van der Waals surface area (Å²) in [5.41, 5.74) is 1.66. The van der Waals surface area contributed by atoms with Gasteiger partial charge in [-0.15, -0.1) is 0 Å². The highest BCUT2D eigenvalue weighted by Gasteiger charge is 2.18. The molecule has 0 bridgehead atoms. The lowest BCUT2D eigenvalue weighted by Gasteiger charge is -2.09. The number of rotatable bonds is 7. The maximum atomic E-state index is 12.2. The predicted molar refractivity (Wildman–Crippen MR) is 105 cm³/mol. The number of amides is 1. The van der Waals surface area contributed by atoms with Crippen molar-refractivity contribution in [3.8, 4) is 11.4 Å². The van der Waals surface area contributed by atoms with Gasteiger partial charge < -0.3 is 9.84 Å². The molecule has 0 aliphatic carbocycles. The average molecular weight is 400 g/mol. The smallest absolute Gasteiger partial charge is 0.251 e. The van der Waals surface area contributed by atoms with E-state index in [-0.39, 0.29) is 17.6 Å². The number of carbonyl (C=O) groups excluding carboxylic acids is 1. The highest BCUT2D eigenvalue weighted by Crippen LogP contribution is 2.21. The summed E-state index contributed by atoms with van der Waals surface area (Å²) in [5.74, 6) is 0.381. The van der Waals surface area contributed by atoms with Gasteiger partial charge in [-0.1, -0.05) is 23.4 Å². The normalized spacial score (nSPS) is 12.4. The second kappa shape index (κ2) is 8.22. The maximum absolute atomic E-state index is 12.2. The van der Waals surface area contributed by atoms with E-state index < -0.39 is 16.1 Å². The molecule has 0 radical (unpaired) electrons. The van der Waals surface area contributed by atoms with E-state index in [1.165, 1.54) is 0 Å². The number of sulfonamides is 1. The number of nitrogens with zero attached hydrogens (tertiary/aromatic N) is 2. The lowest BCUT2D eigenvalue weighted by Crippen LogP contribution is -2.26. The van der Waals surface area contributed by atoms with Crippen LogP contribution in [-0.4, -0.2) is 30.2 Å². The molecule has 8 nitrogen and oxygen atoms in total. The fraction of sp³-hybridized carbons (Fsp3) is 0.211. The number of anilines is 1. The van der Waals surface area contributed by atoms with Crippen LogP contribution in [0.2, 0.25) is 0 Å². The van der Waals surface area contributed by atoms with E-state index in [2.05, 4.69) is 20.2 Å². The summed E-state index contributed by atoms with van der Waals surface area (Å²) < 4.78 is 30.9. The van der Waals surface area contributed by atoms with E-state index in [9.17, 15) is 13.2 Å². The topological polar surface area (TPSA) is 114 Å². The Bertz CT molecular complexity index is 1050. The van der Waals surface area contributed by atoms with Gasteiger partial charge >= 0.3 is 0 Å². The molecule has 9 heteroatoms. The van der Waals surface area contributed by atoms with Gasteiger partial charge in [-0.05, 0) is 50.2 Å². The maximum Gasteiger partial charge on any atom is 0.251 e. The van der Waals surface area contributed by atoms with Crippen LogP contribution >= 0.6 is 0 Å². The molecule has 146 valence electrons. The third-order valence-electron chi connectivity index (χ3n) is 3.99. The molecule has 2 N–H and O–H groups in total. The number of hydrogen-bond donors (Lipinski definition) is 2. The van der Waals surface area contributed by atoms with E-state index in [0.717, 1.165) is 0 Å². The van der Waals surface area contributed by atoms with Crippen LogP contribution in [0.3, 0.4) is 0 Å². The number of nitrogens with one attached hydrogen (secondary N) is 2. The molecule has 1 atom stereocenters. The zero-order valence-corrected chi connectivity index (χ0v) is 16.2. The van der Waals surface area contributed by atoms with Gasteiger partial charge in [0.2, 0.25) is 21.7 Å².